The van der Waals surface area contributed by atoms with E-state index in [1.165, 1.54) is 43.5 Å². The third kappa shape index (κ3) is 4.46. The molecule has 0 bridgehead atoms. The van der Waals surface area contributed by atoms with Crippen molar-refractivity contribution in [2.45, 2.75) is 24.9 Å². The Hall–Kier alpha value is -3.42. The maximum Gasteiger partial charge on any atom is 0.330 e. The molecule has 3 rings (SSSR count). The van der Waals surface area contributed by atoms with Crippen molar-refractivity contribution < 1.29 is 28.6 Å². The Morgan fingerprint density at radius 3 is 2.18 bits per heavy atom. The number of hydrogen-bond acceptors (Lipinski definition) is 4. The highest BCUT2D eigenvalue weighted by molar-refractivity contribution is 5.99. The van der Waals surface area contributed by atoms with Gasteiger partial charge in [-0.2, -0.15) is 0 Å². The lowest BCUT2D eigenvalue weighted by molar-refractivity contribution is -0.139. The minimum atomic E-state index is -1.44. The van der Waals surface area contributed by atoms with Gasteiger partial charge >= 0.3 is 5.97 Å². The van der Waals surface area contributed by atoms with Gasteiger partial charge in [0.05, 0.1) is 7.11 Å². The molecule has 28 heavy (non-hydrogen) atoms. The number of halogens is 1. The largest absolute Gasteiger partial charge is 0.494 e. The molecule has 0 heterocycles. The minimum absolute atomic E-state index is 0.0284. The van der Waals surface area contributed by atoms with Crippen LogP contribution in [0.15, 0.2) is 42.5 Å². The average molecular weight is 386 g/mol. The van der Waals surface area contributed by atoms with Gasteiger partial charge in [0, 0.05) is 17.2 Å². The van der Waals surface area contributed by atoms with E-state index in [1.54, 1.807) is 0 Å². The first kappa shape index (κ1) is 19.3. The summed E-state index contributed by atoms with van der Waals surface area (Å²) >= 11 is 0. The summed E-state index contributed by atoms with van der Waals surface area (Å²) in [5.41, 5.74) is 0.665. The van der Waals surface area contributed by atoms with Crippen molar-refractivity contribution in [3.63, 3.8) is 0 Å². The third-order valence-corrected chi connectivity index (χ3v) is 4.35. The van der Waals surface area contributed by atoms with Crippen molar-refractivity contribution in [2.24, 2.45) is 0 Å². The second-order valence-corrected chi connectivity index (χ2v) is 6.46. The summed E-state index contributed by atoms with van der Waals surface area (Å²) < 4.78 is 18.7. The number of carboxylic acids is 1. The zero-order chi connectivity index (χ0) is 20.3. The molecule has 1 fully saturated rings. The number of benzene rings is 2. The summed E-state index contributed by atoms with van der Waals surface area (Å²) in [6, 6.07) is 8.30. The summed E-state index contributed by atoms with van der Waals surface area (Å²) in [6.07, 6.45) is 1.93. The van der Waals surface area contributed by atoms with Crippen molar-refractivity contribution in [2.75, 3.05) is 7.11 Å². The molecule has 146 valence electrons. The summed E-state index contributed by atoms with van der Waals surface area (Å²) in [7, 11) is 1.29. The number of aliphatic carboxylic acids is 1. The van der Waals surface area contributed by atoms with E-state index in [1.807, 2.05) is 0 Å². The van der Waals surface area contributed by atoms with Gasteiger partial charge in [-0.1, -0.05) is 6.07 Å². The molecule has 7 nitrogen and oxygen atoms in total. The van der Waals surface area contributed by atoms with Gasteiger partial charge in [-0.25, -0.2) is 9.18 Å². The molecule has 0 aromatic heterocycles. The van der Waals surface area contributed by atoms with Gasteiger partial charge in [-0.15, -0.1) is 0 Å². The van der Waals surface area contributed by atoms with Crippen LogP contribution in [-0.4, -0.2) is 36.0 Å². The van der Waals surface area contributed by atoms with Crippen molar-refractivity contribution in [1.82, 2.24) is 10.6 Å². The lowest BCUT2D eigenvalue weighted by atomic mass is 10.1. The van der Waals surface area contributed by atoms with E-state index in [0.29, 0.717) is 5.56 Å². The Balaban J connectivity index is 1.72. The Bertz CT molecular complexity index is 909. The quantitative estimate of drug-likeness (QED) is 0.677. The van der Waals surface area contributed by atoms with Crippen LogP contribution < -0.4 is 15.4 Å². The Labute approximate surface area is 160 Å². The second kappa shape index (κ2) is 8.08. The van der Waals surface area contributed by atoms with Crippen molar-refractivity contribution in [3.05, 3.63) is 65.0 Å². The van der Waals surface area contributed by atoms with Crippen LogP contribution in [-0.2, 0) is 4.79 Å². The fourth-order valence-corrected chi connectivity index (χ4v) is 2.63. The molecule has 8 heteroatoms. The highest BCUT2D eigenvalue weighted by Gasteiger charge is 2.25. The number of methoxy groups -OCH3 is 1. The first-order valence-corrected chi connectivity index (χ1v) is 8.67. The first-order chi connectivity index (χ1) is 13.4. The maximum absolute atomic E-state index is 13.9. The summed E-state index contributed by atoms with van der Waals surface area (Å²) in [5, 5.41) is 14.6. The molecular weight excluding hydrogens is 367 g/mol. The standard InChI is InChI=1S/C20H19FN2O5/c1-28-16-9-6-13(10-15(16)21)17(20(26)27)23-19(25)12-4-2-11(3-5-12)18(24)22-14-7-8-14/h2-6,9-10,14,17H,7-8H2,1H3,(H,22,24)(H,23,25)(H,26,27). The molecule has 0 spiro atoms. The van der Waals surface area contributed by atoms with Gasteiger partial charge in [-0.05, 0) is 54.8 Å². The van der Waals surface area contributed by atoms with Crippen LogP contribution in [0, 0.1) is 5.82 Å². The molecule has 1 atom stereocenters. The van der Waals surface area contributed by atoms with Gasteiger partial charge in [0.25, 0.3) is 11.8 Å². The number of rotatable bonds is 7. The predicted molar refractivity (Wildman–Crippen MR) is 97.7 cm³/mol. The molecular formula is C20H19FN2O5. The lowest BCUT2D eigenvalue weighted by Crippen LogP contribution is -2.34. The van der Waals surface area contributed by atoms with Crippen LogP contribution in [0.3, 0.4) is 0 Å². The van der Waals surface area contributed by atoms with Crippen LogP contribution in [0.1, 0.15) is 45.2 Å². The highest BCUT2D eigenvalue weighted by Crippen LogP contribution is 2.23. The molecule has 0 radical (unpaired) electrons. The zero-order valence-electron chi connectivity index (χ0n) is 15.1. The number of ether oxygens (including phenoxy) is 1. The molecule has 2 aromatic carbocycles. The third-order valence-electron chi connectivity index (χ3n) is 4.35. The van der Waals surface area contributed by atoms with Crippen LogP contribution in [0.25, 0.3) is 0 Å². The second-order valence-electron chi connectivity index (χ2n) is 6.46. The number of hydrogen-bond donors (Lipinski definition) is 3. The average Bonchev–Trinajstić information content (AvgIpc) is 3.49. The van der Waals surface area contributed by atoms with Crippen molar-refractivity contribution in [1.29, 1.82) is 0 Å². The molecule has 1 saturated carbocycles. The minimum Gasteiger partial charge on any atom is -0.494 e. The molecule has 2 amide bonds. The fourth-order valence-electron chi connectivity index (χ4n) is 2.63. The Morgan fingerprint density at radius 2 is 1.68 bits per heavy atom. The summed E-state index contributed by atoms with van der Waals surface area (Å²) in [6.45, 7) is 0. The molecule has 2 aromatic rings. The van der Waals surface area contributed by atoms with Gasteiger partial charge < -0.3 is 20.5 Å². The van der Waals surface area contributed by atoms with E-state index in [9.17, 15) is 23.9 Å². The van der Waals surface area contributed by atoms with Crippen LogP contribution in [0.4, 0.5) is 4.39 Å². The highest BCUT2D eigenvalue weighted by atomic mass is 19.1. The SMILES string of the molecule is COc1ccc(C(NC(=O)c2ccc(C(=O)NC3CC3)cc2)C(=O)O)cc1F. The zero-order valence-corrected chi connectivity index (χ0v) is 15.1. The first-order valence-electron chi connectivity index (χ1n) is 8.67. The topological polar surface area (TPSA) is 105 Å². The number of carbonyl (C=O) groups excluding carboxylic acids is 2. The monoisotopic (exact) mass is 386 g/mol. The van der Waals surface area contributed by atoms with E-state index in [-0.39, 0.29) is 28.8 Å². The summed E-state index contributed by atoms with van der Waals surface area (Å²) in [5.74, 6) is -2.96. The van der Waals surface area contributed by atoms with Gasteiger partial charge in [-0.3, -0.25) is 9.59 Å². The molecule has 1 unspecified atom stereocenters. The van der Waals surface area contributed by atoms with Gasteiger partial charge in [0.15, 0.2) is 17.6 Å². The van der Waals surface area contributed by atoms with E-state index >= 15 is 0 Å². The van der Waals surface area contributed by atoms with E-state index in [4.69, 9.17) is 4.74 Å². The van der Waals surface area contributed by atoms with E-state index in [2.05, 4.69) is 10.6 Å². The molecule has 3 N–H and O–H groups in total. The number of amides is 2. The molecule has 1 aliphatic rings. The number of nitrogens with one attached hydrogen (secondary N) is 2. The molecule has 0 saturated heterocycles. The number of carbonyl (C=O) groups is 3. The molecule has 1 aliphatic carbocycles. The fraction of sp³-hybridized carbons (Fsp3) is 0.250. The lowest BCUT2D eigenvalue weighted by Gasteiger charge is -2.16. The van der Waals surface area contributed by atoms with Crippen LogP contribution in [0.2, 0.25) is 0 Å². The predicted octanol–water partition coefficient (Wildman–Crippen LogP) is 2.28. The Kier molecular flexibility index (Phi) is 5.58. The van der Waals surface area contributed by atoms with Gasteiger partial charge in [0.1, 0.15) is 0 Å². The van der Waals surface area contributed by atoms with Crippen LogP contribution in [0.5, 0.6) is 5.75 Å². The maximum atomic E-state index is 13.9. The number of carboxylic acid groups (broad SMARTS) is 1. The van der Waals surface area contributed by atoms with E-state index < -0.39 is 23.7 Å². The molecule has 0 aliphatic heterocycles. The normalized spacial score (nSPS) is 14.1. The van der Waals surface area contributed by atoms with E-state index in [0.717, 1.165) is 18.9 Å². The summed E-state index contributed by atoms with van der Waals surface area (Å²) in [4.78, 5) is 36.0. The van der Waals surface area contributed by atoms with Crippen molar-refractivity contribution >= 4 is 17.8 Å². The Morgan fingerprint density at radius 1 is 1.07 bits per heavy atom. The van der Waals surface area contributed by atoms with Crippen LogP contribution >= 0.6 is 0 Å². The smallest absolute Gasteiger partial charge is 0.330 e. The van der Waals surface area contributed by atoms with Crippen molar-refractivity contribution in [3.8, 4) is 5.75 Å². The van der Waals surface area contributed by atoms with Gasteiger partial charge in [0.2, 0.25) is 0 Å².